The van der Waals surface area contributed by atoms with Gasteiger partial charge in [-0.3, -0.25) is 9.17 Å². The lowest BCUT2D eigenvalue weighted by Gasteiger charge is -2.33. The van der Waals surface area contributed by atoms with Gasteiger partial charge in [0.05, 0.1) is 17.9 Å². The number of pyridine rings is 2. The van der Waals surface area contributed by atoms with Gasteiger partial charge >= 0.3 is 0 Å². The van der Waals surface area contributed by atoms with Crippen LogP contribution >= 0.6 is 0 Å². The molecule has 1 aliphatic rings. The summed E-state index contributed by atoms with van der Waals surface area (Å²) in [6, 6.07) is 12.2. The van der Waals surface area contributed by atoms with Crippen molar-refractivity contribution < 1.29 is 17.3 Å². The number of aromatic nitrogens is 3. The molecule has 3 aromatic heterocycles. The molecular formula is C22H21N3O4S. The fourth-order valence-electron chi connectivity index (χ4n) is 3.96. The van der Waals surface area contributed by atoms with Crippen LogP contribution in [0.15, 0.2) is 55.0 Å². The van der Waals surface area contributed by atoms with Crippen molar-refractivity contribution in [3.63, 3.8) is 0 Å². The highest BCUT2D eigenvalue weighted by Crippen LogP contribution is 2.32. The van der Waals surface area contributed by atoms with E-state index in [1.54, 1.807) is 6.20 Å². The van der Waals surface area contributed by atoms with E-state index < -0.39 is 10.1 Å². The molecule has 0 N–H and O–H groups in total. The number of hydrogen-bond acceptors (Lipinski definition) is 6. The maximum atomic E-state index is 11.1. The van der Waals surface area contributed by atoms with Crippen LogP contribution in [0.2, 0.25) is 0 Å². The number of fused-ring (bicyclic) bond motifs is 3. The molecule has 7 nitrogen and oxygen atoms in total. The minimum absolute atomic E-state index is 0.0733. The first-order chi connectivity index (χ1) is 14.4. The quantitative estimate of drug-likeness (QED) is 0.456. The van der Waals surface area contributed by atoms with E-state index in [9.17, 15) is 8.42 Å². The predicted molar refractivity (Wildman–Crippen MR) is 115 cm³/mol. The Hall–Kier alpha value is -2.97. The number of ether oxygens (including phenoxy) is 1. The molecule has 30 heavy (non-hydrogen) atoms. The van der Waals surface area contributed by atoms with Gasteiger partial charge in [-0.15, -0.1) is 0 Å². The van der Waals surface area contributed by atoms with E-state index in [1.165, 1.54) is 5.39 Å². The third kappa shape index (κ3) is 3.53. The summed E-state index contributed by atoms with van der Waals surface area (Å²) < 4.78 is 35.2. The number of aryl methyl sites for hydroxylation is 1. The second kappa shape index (κ2) is 7.07. The molecule has 5 rings (SSSR count). The van der Waals surface area contributed by atoms with Gasteiger partial charge < -0.3 is 9.30 Å². The second-order valence-corrected chi connectivity index (χ2v) is 9.30. The zero-order chi connectivity index (χ0) is 20.9. The average molecular weight is 423 g/mol. The van der Waals surface area contributed by atoms with Gasteiger partial charge in [0, 0.05) is 66.4 Å². The molecule has 4 aromatic rings. The van der Waals surface area contributed by atoms with Crippen molar-refractivity contribution in [1.29, 1.82) is 0 Å². The molecule has 1 aliphatic carbocycles. The maximum Gasteiger partial charge on any atom is 0.264 e. The minimum Gasteiger partial charge on any atom is -0.474 e. The lowest BCUT2D eigenvalue weighted by Crippen LogP contribution is -2.40. The molecule has 1 saturated carbocycles. The normalized spacial score (nSPS) is 19.1. The lowest BCUT2D eigenvalue weighted by atomic mass is 9.92. The molecular weight excluding hydrogens is 402 g/mol. The molecule has 0 saturated heterocycles. The van der Waals surface area contributed by atoms with Crippen molar-refractivity contribution >= 4 is 31.9 Å². The highest BCUT2D eigenvalue weighted by molar-refractivity contribution is 7.86. The highest BCUT2D eigenvalue weighted by Gasteiger charge is 2.34. The first-order valence-corrected chi connectivity index (χ1v) is 11.5. The van der Waals surface area contributed by atoms with Crippen molar-refractivity contribution in [2.75, 3.05) is 6.26 Å². The molecule has 0 unspecified atom stereocenters. The molecule has 0 aliphatic heterocycles. The minimum atomic E-state index is -3.42. The van der Waals surface area contributed by atoms with Crippen molar-refractivity contribution in [2.24, 2.45) is 7.05 Å². The smallest absolute Gasteiger partial charge is 0.264 e. The van der Waals surface area contributed by atoms with Crippen LogP contribution in [0.1, 0.15) is 12.8 Å². The van der Waals surface area contributed by atoms with Crippen molar-refractivity contribution in [1.82, 2.24) is 14.5 Å². The van der Waals surface area contributed by atoms with Gasteiger partial charge in [0.15, 0.2) is 0 Å². The summed E-state index contributed by atoms with van der Waals surface area (Å²) in [5.74, 6) is 0.526. The van der Waals surface area contributed by atoms with Crippen LogP contribution in [0.3, 0.4) is 0 Å². The summed E-state index contributed by atoms with van der Waals surface area (Å²) in [5, 5.41) is 2.31. The number of hydrogen-bond donors (Lipinski definition) is 0. The number of nitrogens with zero attached hydrogens (tertiary/aromatic N) is 3. The van der Waals surface area contributed by atoms with Crippen LogP contribution in [0.4, 0.5) is 0 Å². The largest absolute Gasteiger partial charge is 0.474 e. The van der Waals surface area contributed by atoms with Crippen LogP contribution < -0.4 is 4.74 Å². The summed E-state index contributed by atoms with van der Waals surface area (Å²) in [6.45, 7) is 0. The summed E-state index contributed by atoms with van der Waals surface area (Å²) >= 11 is 0. The van der Waals surface area contributed by atoms with E-state index >= 15 is 0 Å². The van der Waals surface area contributed by atoms with Gasteiger partial charge in [-0.05, 0) is 23.8 Å². The number of benzene rings is 1. The molecule has 0 amide bonds. The molecule has 0 radical (unpaired) electrons. The Labute approximate surface area is 174 Å². The van der Waals surface area contributed by atoms with Crippen LogP contribution in [0.5, 0.6) is 5.88 Å². The highest BCUT2D eigenvalue weighted by atomic mass is 32.2. The number of rotatable bonds is 5. The van der Waals surface area contributed by atoms with Crippen molar-refractivity contribution in [2.45, 2.75) is 25.0 Å². The Bertz CT molecular complexity index is 1340. The molecule has 3 heterocycles. The molecule has 154 valence electrons. The second-order valence-electron chi connectivity index (χ2n) is 7.70. The molecule has 0 bridgehead atoms. The van der Waals surface area contributed by atoms with Gasteiger partial charge in [-0.1, -0.05) is 12.1 Å². The zero-order valence-electron chi connectivity index (χ0n) is 16.6. The summed E-state index contributed by atoms with van der Waals surface area (Å²) in [5.41, 5.74) is 4.37. The molecule has 1 fully saturated rings. The van der Waals surface area contributed by atoms with Gasteiger partial charge in [0.25, 0.3) is 10.1 Å². The third-order valence-corrected chi connectivity index (χ3v) is 6.15. The van der Waals surface area contributed by atoms with Gasteiger partial charge in [0.1, 0.15) is 6.10 Å². The van der Waals surface area contributed by atoms with Gasteiger partial charge in [0.2, 0.25) is 5.88 Å². The van der Waals surface area contributed by atoms with Crippen LogP contribution in [0, 0.1) is 0 Å². The Morgan fingerprint density at radius 2 is 1.77 bits per heavy atom. The lowest BCUT2D eigenvalue weighted by molar-refractivity contribution is 0.00647. The fourth-order valence-corrected chi connectivity index (χ4v) is 4.62. The Morgan fingerprint density at radius 1 is 0.967 bits per heavy atom. The van der Waals surface area contributed by atoms with E-state index in [2.05, 4.69) is 39.8 Å². The molecule has 8 heteroatoms. The molecule has 1 aromatic carbocycles. The topological polar surface area (TPSA) is 83.3 Å². The van der Waals surface area contributed by atoms with Gasteiger partial charge in [-0.2, -0.15) is 8.42 Å². The maximum absolute atomic E-state index is 11.1. The summed E-state index contributed by atoms with van der Waals surface area (Å²) in [7, 11) is -1.36. The summed E-state index contributed by atoms with van der Waals surface area (Å²) in [6.07, 6.45) is 7.28. The van der Waals surface area contributed by atoms with Crippen molar-refractivity contribution in [3.8, 4) is 17.0 Å². The Balaban J connectivity index is 1.33. The fraction of sp³-hybridized carbons (Fsp3) is 0.273. The summed E-state index contributed by atoms with van der Waals surface area (Å²) in [4.78, 5) is 8.67. The van der Waals surface area contributed by atoms with Gasteiger partial charge in [-0.25, -0.2) is 4.98 Å². The van der Waals surface area contributed by atoms with E-state index in [-0.39, 0.29) is 12.2 Å². The third-order valence-electron chi connectivity index (χ3n) is 5.53. The van der Waals surface area contributed by atoms with Crippen LogP contribution in [-0.2, 0) is 21.3 Å². The Morgan fingerprint density at radius 3 is 2.50 bits per heavy atom. The van der Waals surface area contributed by atoms with E-state index in [0.29, 0.717) is 18.7 Å². The average Bonchev–Trinajstić information content (AvgIpc) is 2.98. The first-order valence-electron chi connectivity index (χ1n) is 9.71. The van der Waals surface area contributed by atoms with Crippen LogP contribution in [0.25, 0.3) is 32.9 Å². The SMILES string of the molecule is Cn1c2ccncc2c2ccc(-c3ccc(O[C@H]4C[C@H](OS(C)(=O)=O)C4)nc3)cc21. The van der Waals surface area contributed by atoms with Crippen LogP contribution in [-0.4, -0.2) is 41.4 Å². The predicted octanol–water partition coefficient (Wildman–Crippen LogP) is 3.67. The monoisotopic (exact) mass is 423 g/mol. The van der Waals surface area contributed by atoms with E-state index in [1.807, 2.05) is 30.6 Å². The molecule has 0 atom stereocenters. The zero-order valence-corrected chi connectivity index (χ0v) is 17.5. The standard InChI is InChI=1S/C22H21N3O4S/c1-25-20-7-8-23-13-19(20)18-5-3-14(9-21(18)25)15-4-6-22(24-12-15)28-16-10-17(11-16)29-30(2,26)27/h3-9,12-13,16-17H,10-11H2,1-2H3/t16-,17-. The van der Waals surface area contributed by atoms with Crippen molar-refractivity contribution in [3.05, 3.63) is 55.0 Å². The van der Waals surface area contributed by atoms with E-state index in [0.717, 1.165) is 33.8 Å². The van der Waals surface area contributed by atoms with E-state index in [4.69, 9.17) is 8.92 Å². The first kappa shape index (κ1) is 19.0. The Kier molecular flexibility index (Phi) is 4.48. The molecule has 0 spiro atoms.